The molecule has 2 atom stereocenters. The van der Waals surface area contributed by atoms with Crippen LogP contribution in [0.4, 0.5) is 14.9 Å². The molecule has 1 aliphatic heterocycles. The van der Waals surface area contributed by atoms with Crippen molar-refractivity contribution < 1.29 is 23.5 Å². The number of para-hydroxylation sites is 1. The first-order valence-corrected chi connectivity index (χ1v) is 15.4. The number of hydrogen-bond donors (Lipinski definition) is 0. The number of anilines is 1. The van der Waals surface area contributed by atoms with Crippen LogP contribution in [0.15, 0.2) is 146 Å². The Labute approximate surface area is 265 Å². The Morgan fingerprint density at radius 2 is 1.36 bits per heavy atom. The van der Waals surface area contributed by atoms with Gasteiger partial charge in [-0.3, -0.25) is 14.5 Å². The molecule has 0 saturated carbocycles. The number of nitrogens with zero attached hydrogens (tertiary/aromatic N) is 1. The van der Waals surface area contributed by atoms with E-state index in [1.54, 1.807) is 11.0 Å². The van der Waals surface area contributed by atoms with Gasteiger partial charge in [-0.1, -0.05) is 96.7 Å². The molecule has 0 bridgehead atoms. The molecular weight excluding hydrogens is 585 g/mol. The summed E-state index contributed by atoms with van der Waals surface area (Å²) in [6.45, 7) is 0.710. The fourth-order valence-corrected chi connectivity index (χ4v) is 6.28. The number of amides is 1. The summed E-state index contributed by atoms with van der Waals surface area (Å²) in [5.74, 6) is 0.525. The van der Waals surface area contributed by atoms with Crippen LogP contribution in [0.25, 0.3) is 0 Å². The summed E-state index contributed by atoms with van der Waals surface area (Å²) in [4.78, 5) is 28.3. The number of halogens is 1. The molecule has 1 saturated heterocycles. The molecule has 5 aromatic carbocycles. The van der Waals surface area contributed by atoms with Crippen molar-refractivity contribution in [2.45, 2.75) is 24.5 Å². The maximum Gasteiger partial charge on any atom is 0.287 e. The number of ketones is 1. The predicted molar refractivity (Wildman–Crippen MR) is 176 cm³/mol. The van der Waals surface area contributed by atoms with Crippen LogP contribution in [0.3, 0.4) is 0 Å². The zero-order chi connectivity index (χ0) is 31.0. The average molecular weight is 616 g/mol. The average Bonchev–Trinajstić information content (AvgIpc) is 3.42. The van der Waals surface area contributed by atoms with Gasteiger partial charge >= 0.3 is 0 Å². The molecule has 0 spiro atoms. The lowest BCUT2D eigenvalue weighted by Gasteiger charge is -2.28. The Morgan fingerprint density at radius 1 is 0.756 bits per heavy atom. The molecule has 1 fully saturated rings. The van der Waals surface area contributed by atoms with Crippen molar-refractivity contribution in [1.82, 2.24) is 0 Å². The van der Waals surface area contributed by atoms with Gasteiger partial charge in [-0.2, -0.15) is 0 Å². The number of ether oxygens (including phenoxy) is 2. The number of hydrogen-bond acceptors (Lipinski definition) is 5. The number of thioether (sulfide) groups is 1. The molecule has 0 aliphatic carbocycles. The van der Waals surface area contributed by atoms with E-state index < -0.39 is 17.1 Å². The summed E-state index contributed by atoms with van der Waals surface area (Å²) in [6, 6.07) is 39.8. The monoisotopic (exact) mass is 615 g/mol. The summed E-state index contributed by atoms with van der Waals surface area (Å²) in [5, 5.41) is -0.564. The first-order chi connectivity index (χ1) is 22.0. The minimum Gasteiger partial charge on any atom is -0.489 e. The SMILES string of the molecule is O=C(/C=C/[C@H]1SC(=O)N(c2ccccc2)[C@@H]1c1ccc(OCc2ccccc2)cc1OCc1ccccc1)c1ccc(F)cc1. The number of rotatable bonds is 11. The highest BCUT2D eigenvalue weighted by Crippen LogP contribution is 2.48. The third kappa shape index (κ3) is 7.33. The zero-order valence-electron chi connectivity index (χ0n) is 24.3. The van der Waals surface area contributed by atoms with Gasteiger partial charge in [-0.05, 0) is 65.7 Å². The van der Waals surface area contributed by atoms with Crippen molar-refractivity contribution in [3.8, 4) is 11.5 Å². The lowest BCUT2D eigenvalue weighted by Crippen LogP contribution is -2.29. The number of carbonyl (C=O) groups is 2. The van der Waals surface area contributed by atoms with E-state index in [4.69, 9.17) is 9.47 Å². The fraction of sp³-hybridized carbons (Fsp3) is 0.105. The molecule has 5 aromatic rings. The van der Waals surface area contributed by atoms with E-state index in [0.717, 1.165) is 34.1 Å². The van der Waals surface area contributed by atoms with Gasteiger partial charge < -0.3 is 9.47 Å². The zero-order valence-corrected chi connectivity index (χ0v) is 25.1. The second kappa shape index (κ2) is 14.1. The molecule has 0 N–H and O–H groups in total. The number of allylic oxidation sites excluding steroid dienone is 1. The van der Waals surface area contributed by atoms with E-state index in [2.05, 4.69) is 0 Å². The molecule has 0 radical (unpaired) electrons. The van der Waals surface area contributed by atoms with Gasteiger partial charge in [-0.25, -0.2) is 4.39 Å². The maximum absolute atomic E-state index is 13.6. The first-order valence-electron chi connectivity index (χ1n) is 14.6. The van der Waals surface area contributed by atoms with Gasteiger partial charge in [0.05, 0.1) is 11.3 Å². The predicted octanol–water partition coefficient (Wildman–Crippen LogP) is 9.21. The van der Waals surface area contributed by atoms with Gasteiger partial charge in [0.15, 0.2) is 5.78 Å². The fourth-order valence-electron chi connectivity index (χ4n) is 5.16. The molecule has 0 aromatic heterocycles. The molecule has 7 heteroatoms. The van der Waals surface area contributed by atoms with E-state index in [0.29, 0.717) is 30.3 Å². The Balaban J connectivity index is 1.37. The van der Waals surface area contributed by atoms with Crippen molar-refractivity contribution in [3.05, 3.63) is 174 Å². The van der Waals surface area contributed by atoms with E-state index in [1.807, 2.05) is 109 Å². The van der Waals surface area contributed by atoms with E-state index >= 15 is 0 Å². The lowest BCUT2D eigenvalue weighted by molar-refractivity contribution is 0.104. The minimum absolute atomic E-state index is 0.145. The van der Waals surface area contributed by atoms with Gasteiger partial charge in [-0.15, -0.1) is 0 Å². The van der Waals surface area contributed by atoms with Crippen LogP contribution in [-0.2, 0) is 13.2 Å². The molecule has 45 heavy (non-hydrogen) atoms. The van der Waals surface area contributed by atoms with Crippen molar-refractivity contribution >= 4 is 28.5 Å². The van der Waals surface area contributed by atoms with E-state index in [-0.39, 0.29) is 11.0 Å². The van der Waals surface area contributed by atoms with Crippen molar-refractivity contribution in [2.75, 3.05) is 4.90 Å². The second-order valence-electron chi connectivity index (χ2n) is 10.5. The molecule has 1 heterocycles. The lowest BCUT2D eigenvalue weighted by atomic mass is 9.98. The van der Waals surface area contributed by atoms with Gasteiger partial charge in [0.1, 0.15) is 30.5 Å². The van der Waals surface area contributed by atoms with Crippen molar-refractivity contribution in [2.24, 2.45) is 0 Å². The molecular formula is C38H30FNO4S. The van der Waals surface area contributed by atoms with E-state index in [9.17, 15) is 14.0 Å². The van der Waals surface area contributed by atoms with Gasteiger partial charge in [0, 0.05) is 22.9 Å². The smallest absolute Gasteiger partial charge is 0.287 e. The molecule has 224 valence electrons. The minimum atomic E-state index is -0.490. The second-order valence-corrected chi connectivity index (χ2v) is 11.6. The maximum atomic E-state index is 13.6. The third-order valence-electron chi connectivity index (χ3n) is 7.41. The molecule has 1 aliphatic rings. The molecule has 6 rings (SSSR count). The Morgan fingerprint density at radius 3 is 2.00 bits per heavy atom. The Kier molecular flexibility index (Phi) is 9.37. The van der Waals surface area contributed by atoms with Crippen molar-refractivity contribution in [1.29, 1.82) is 0 Å². The number of benzene rings is 5. The van der Waals surface area contributed by atoms with Crippen LogP contribution >= 0.6 is 11.8 Å². The molecule has 0 unspecified atom stereocenters. The van der Waals surface area contributed by atoms with E-state index in [1.165, 1.54) is 30.3 Å². The summed E-state index contributed by atoms with van der Waals surface area (Å²) >= 11 is 1.15. The third-order valence-corrected chi connectivity index (χ3v) is 8.50. The highest BCUT2D eigenvalue weighted by atomic mass is 32.2. The summed E-state index contributed by atoms with van der Waals surface area (Å²) < 4.78 is 26.0. The van der Waals surface area contributed by atoms with Crippen LogP contribution < -0.4 is 14.4 Å². The van der Waals surface area contributed by atoms with Crippen LogP contribution in [0.5, 0.6) is 11.5 Å². The summed E-state index contributed by atoms with van der Waals surface area (Å²) in [7, 11) is 0. The standard InChI is InChI=1S/C38H30FNO4S/c39-30-18-16-29(17-19-30)34(41)22-23-36-37(40(38(42)45-36)31-14-8-3-9-15-31)33-21-20-32(43-25-27-10-4-1-5-11-27)24-35(33)44-26-28-12-6-2-7-13-28/h1-24,36-37H,25-26H2/b23-22+/t36-,37-/m1/s1. The van der Waals surface area contributed by atoms with Gasteiger partial charge in [0.2, 0.25) is 0 Å². The summed E-state index contributed by atoms with van der Waals surface area (Å²) in [6.07, 6.45) is 3.21. The largest absolute Gasteiger partial charge is 0.489 e. The van der Waals surface area contributed by atoms with Crippen molar-refractivity contribution in [3.63, 3.8) is 0 Å². The first kappa shape index (κ1) is 29.9. The molecule has 1 amide bonds. The topological polar surface area (TPSA) is 55.8 Å². The van der Waals surface area contributed by atoms with Crippen LogP contribution in [-0.4, -0.2) is 16.3 Å². The quantitative estimate of drug-likeness (QED) is 0.110. The normalized spacial score (nSPS) is 16.2. The Hall–Kier alpha value is -5.14. The van der Waals surface area contributed by atoms with Crippen LogP contribution in [0.1, 0.15) is 33.1 Å². The Bertz CT molecular complexity index is 1780. The highest BCUT2D eigenvalue weighted by molar-refractivity contribution is 8.15. The van der Waals surface area contributed by atoms with Crippen LogP contribution in [0.2, 0.25) is 0 Å². The number of carbonyl (C=O) groups excluding carboxylic acids is 2. The summed E-state index contributed by atoms with van der Waals surface area (Å²) in [5.41, 5.74) is 3.92. The highest BCUT2D eigenvalue weighted by Gasteiger charge is 2.43. The molecule has 5 nitrogen and oxygen atoms in total. The van der Waals surface area contributed by atoms with Gasteiger partial charge in [0.25, 0.3) is 5.24 Å². The van der Waals surface area contributed by atoms with Crippen LogP contribution in [0, 0.1) is 5.82 Å².